The molecular weight excluding hydrogens is 250 g/mol. The van der Waals surface area contributed by atoms with Gasteiger partial charge in [0.1, 0.15) is 11.2 Å². The van der Waals surface area contributed by atoms with Crippen molar-refractivity contribution in [3.63, 3.8) is 0 Å². The van der Waals surface area contributed by atoms with Gasteiger partial charge < -0.3 is 0 Å². The van der Waals surface area contributed by atoms with Gasteiger partial charge in [-0.25, -0.2) is 0 Å². The first-order valence-electron chi connectivity index (χ1n) is 6.57. The summed E-state index contributed by atoms with van der Waals surface area (Å²) in [6, 6.07) is 16.9. The number of carbonyl (C=O) groups excluding carboxylic acids is 2. The van der Waals surface area contributed by atoms with Gasteiger partial charge in [-0.1, -0.05) is 36.4 Å². The van der Waals surface area contributed by atoms with Crippen LogP contribution in [0.3, 0.4) is 0 Å². The SMILES string of the molecule is CC(=O)C1(C)C(=O)N(c2ccccc2)c2ccccc21. The standard InChI is InChI=1S/C17H15NO2/c1-12(19)17(2)14-10-6-7-11-15(14)18(16(17)20)13-8-4-3-5-9-13/h3-11H,1-2H3. The third-order valence-electron chi connectivity index (χ3n) is 4.03. The van der Waals surface area contributed by atoms with E-state index in [1.165, 1.54) is 6.92 Å². The Hall–Kier alpha value is -2.42. The summed E-state index contributed by atoms with van der Waals surface area (Å²) in [4.78, 5) is 26.5. The Morgan fingerprint density at radius 1 is 1.00 bits per heavy atom. The van der Waals surface area contributed by atoms with Gasteiger partial charge in [0.15, 0.2) is 0 Å². The predicted molar refractivity (Wildman–Crippen MR) is 78.1 cm³/mol. The summed E-state index contributed by atoms with van der Waals surface area (Å²) in [5.41, 5.74) is 1.27. The van der Waals surface area contributed by atoms with E-state index in [0.29, 0.717) is 0 Å². The molecule has 0 radical (unpaired) electrons. The molecule has 0 N–H and O–H groups in total. The highest BCUT2D eigenvalue weighted by Crippen LogP contribution is 2.45. The van der Waals surface area contributed by atoms with Crippen molar-refractivity contribution >= 4 is 23.1 Å². The van der Waals surface area contributed by atoms with E-state index in [1.54, 1.807) is 11.8 Å². The molecule has 1 aliphatic heterocycles. The Balaban J connectivity index is 2.25. The molecule has 0 fully saturated rings. The Bertz CT molecular complexity index is 693. The second-order valence-electron chi connectivity index (χ2n) is 5.17. The van der Waals surface area contributed by atoms with Crippen molar-refractivity contribution in [1.29, 1.82) is 0 Å². The number of amides is 1. The number of para-hydroxylation sites is 2. The topological polar surface area (TPSA) is 37.4 Å². The molecule has 0 saturated heterocycles. The van der Waals surface area contributed by atoms with Gasteiger partial charge in [-0.2, -0.15) is 0 Å². The van der Waals surface area contributed by atoms with Crippen molar-refractivity contribution in [2.45, 2.75) is 19.3 Å². The Morgan fingerprint density at radius 3 is 2.25 bits per heavy atom. The number of hydrogen-bond acceptors (Lipinski definition) is 2. The summed E-state index contributed by atoms with van der Waals surface area (Å²) < 4.78 is 0. The van der Waals surface area contributed by atoms with E-state index in [0.717, 1.165) is 16.9 Å². The van der Waals surface area contributed by atoms with E-state index < -0.39 is 5.41 Å². The molecule has 1 heterocycles. The highest BCUT2D eigenvalue weighted by molar-refractivity contribution is 6.24. The molecule has 0 aliphatic carbocycles. The minimum Gasteiger partial charge on any atom is -0.298 e. The Kier molecular flexibility index (Phi) is 2.71. The van der Waals surface area contributed by atoms with Gasteiger partial charge in [0.2, 0.25) is 5.91 Å². The first-order chi connectivity index (χ1) is 9.56. The molecule has 0 aromatic heterocycles. The number of nitrogens with zero attached hydrogens (tertiary/aromatic N) is 1. The molecule has 1 amide bonds. The molecule has 0 saturated carbocycles. The number of carbonyl (C=O) groups is 2. The zero-order valence-electron chi connectivity index (χ0n) is 11.5. The van der Waals surface area contributed by atoms with Crippen LogP contribution in [0.2, 0.25) is 0 Å². The summed E-state index contributed by atoms with van der Waals surface area (Å²) in [7, 11) is 0. The van der Waals surface area contributed by atoms with Crippen LogP contribution in [0, 0.1) is 0 Å². The lowest BCUT2D eigenvalue weighted by Gasteiger charge is -2.21. The molecule has 3 nitrogen and oxygen atoms in total. The fourth-order valence-electron chi connectivity index (χ4n) is 2.71. The van der Waals surface area contributed by atoms with Crippen LogP contribution in [0.15, 0.2) is 54.6 Å². The van der Waals surface area contributed by atoms with Gasteiger partial charge in [-0.05, 0) is 37.6 Å². The number of rotatable bonds is 2. The lowest BCUT2D eigenvalue weighted by atomic mass is 9.80. The van der Waals surface area contributed by atoms with Crippen LogP contribution in [0.4, 0.5) is 11.4 Å². The fraction of sp³-hybridized carbons (Fsp3) is 0.176. The summed E-state index contributed by atoms with van der Waals surface area (Å²) >= 11 is 0. The van der Waals surface area contributed by atoms with Gasteiger partial charge >= 0.3 is 0 Å². The first-order valence-corrected chi connectivity index (χ1v) is 6.57. The molecule has 0 spiro atoms. The van der Waals surface area contributed by atoms with Crippen LogP contribution in [0.25, 0.3) is 0 Å². The van der Waals surface area contributed by atoms with E-state index in [9.17, 15) is 9.59 Å². The van der Waals surface area contributed by atoms with Crippen LogP contribution in [-0.4, -0.2) is 11.7 Å². The summed E-state index contributed by atoms with van der Waals surface area (Å²) in [6.45, 7) is 3.18. The van der Waals surface area contributed by atoms with Crippen molar-refractivity contribution in [2.24, 2.45) is 0 Å². The fourth-order valence-corrected chi connectivity index (χ4v) is 2.71. The maximum absolute atomic E-state index is 12.8. The van der Waals surface area contributed by atoms with Crippen LogP contribution in [0.5, 0.6) is 0 Å². The van der Waals surface area contributed by atoms with Crippen molar-refractivity contribution in [2.75, 3.05) is 4.90 Å². The van der Waals surface area contributed by atoms with Crippen molar-refractivity contribution < 1.29 is 9.59 Å². The average molecular weight is 265 g/mol. The molecule has 1 atom stereocenters. The van der Waals surface area contributed by atoms with Gasteiger partial charge in [-0.15, -0.1) is 0 Å². The minimum absolute atomic E-state index is 0.131. The number of hydrogen-bond donors (Lipinski definition) is 0. The molecule has 1 unspecified atom stereocenters. The van der Waals surface area contributed by atoms with Gasteiger partial charge in [0.05, 0.1) is 5.69 Å². The van der Waals surface area contributed by atoms with E-state index in [-0.39, 0.29) is 11.7 Å². The maximum Gasteiger partial charge on any atom is 0.249 e. The molecule has 0 bridgehead atoms. The van der Waals surface area contributed by atoms with Gasteiger partial charge in [0, 0.05) is 5.69 Å². The second-order valence-corrected chi connectivity index (χ2v) is 5.17. The quantitative estimate of drug-likeness (QED) is 0.782. The largest absolute Gasteiger partial charge is 0.298 e. The number of Topliss-reactive ketones (excluding diaryl/α,β-unsaturated/α-hetero) is 1. The molecule has 2 aromatic carbocycles. The summed E-state index contributed by atoms with van der Waals surface area (Å²) in [5, 5.41) is 0. The highest BCUT2D eigenvalue weighted by atomic mass is 16.2. The van der Waals surface area contributed by atoms with Crippen LogP contribution < -0.4 is 4.90 Å². The number of benzene rings is 2. The zero-order chi connectivity index (χ0) is 14.3. The molecule has 2 aromatic rings. The molecule has 3 heteroatoms. The smallest absolute Gasteiger partial charge is 0.249 e. The Morgan fingerprint density at radius 2 is 1.60 bits per heavy atom. The van der Waals surface area contributed by atoms with E-state index >= 15 is 0 Å². The predicted octanol–water partition coefficient (Wildman–Crippen LogP) is 3.21. The van der Waals surface area contributed by atoms with E-state index in [1.807, 2.05) is 54.6 Å². The normalized spacial score (nSPS) is 20.9. The number of fused-ring (bicyclic) bond motifs is 1. The monoisotopic (exact) mass is 265 g/mol. The average Bonchev–Trinajstić information content (AvgIpc) is 2.70. The Labute approximate surface area is 117 Å². The third-order valence-corrected chi connectivity index (χ3v) is 4.03. The molecular formula is C17H15NO2. The molecule has 20 heavy (non-hydrogen) atoms. The van der Waals surface area contributed by atoms with Gasteiger partial charge in [0.25, 0.3) is 0 Å². The van der Waals surface area contributed by atoms with E-state index in [2.05, 4.69) is 0 Å². The van der Waals surface area contributed by atoms with E-state index in [4.69, 9.17) is 0 Å². The highest BCUT2D eigenvalue weighted by Gasteiger charge is 2.51. The van der Waals surface area contributed by atoms with Crippen molar-refractivity contribution in [1.82, 2.24) is 0 Å². The lowest BCUT2D eigenvalue weighted by Crippen LogP contribution is -2.41. The minimum atomic E-state index is -1.09. The zero-order valence-corrected chi connectivity index (χ0v) is 11.5. The summed E-state index contributed by atoms with van der Waals surface area (Å²) in [5.74, 6) is -0.314. The van der Waals surface area contributed by atoms with Crippen molar-refractivity contribution in [3.8, 4) is 0 Å². The van der Waals surface area contributed by atoms with Gasteiger partial charge in [-0.3, -0.25) is 14.5 Å². The molecule has 1 aliphatic rings. The second kappa shape index (κ2) is 4.30. The summed E-state index contributed by atoms with van der Waals surface area (Å²) in [6.07, 6.45) is 0. The van der Waals surface area contributed by atoms with Crippen LogP contribution in [-0.2, 0) is 15.0 Å². The number of ketones is 1. The maximum atomic E-state index is 12.8. The van der Waals surface area contributed by atoms with Crippen molar-refractivity contribution in [3.05, 3.63) is 60.2 Å². The number of anilines is 2. The first kappa shape index (κ1) is 12.6. The molecule has 3 rings (SSSR count). The third kappa shape index (κ3) is 1.53. The molecule has 100 valence electrons. The van der Waals surface area contributed by atoms with Crippen LogP contribution in [0.1, 0.15) is 19.4 Å². The van der Waals surface area contributed by atoms with Crippen LogP contribution >= 0.6 is 0 Å². The lowest BCUT2D eigenvalue weighted by molar-refractivity contribution is -0.131.